The minimum atomic E-state index is -0.345. The Labute approximate surface area is 144 Å². The maximum absolute atomic E-state index is 12.8. The molecule has 8 heteroatoms. The summed E-state index contributed by atoms with van der Waals surface area (Å²) in [5, 5.41) is 2.93. The summed E-state index contributed by atoms with van der Waals surface area (Å²) in [5.74, 6) is 1.02. The van der Waals surface area contributed by atoms with Crippen LogP contribution >= 0.6 is 0 Å². The number of amides is 1. The van der Waals surface area contributed by atoms with Crippen LogP contribution in [0.4, 0.5) is 10.2 Å². The third-order valence-corrected chi connectivity index (χ3v) is 3.88. The molecule has 1 aliphatic heterocycles. The molecule has 0 unspecified atom stereocenters. The van der Waals surface area contributed by atoms with Crippen molar-refractivity contribution < 1.29 is 18.7 Å². The summed E-state index contributed by atoms with van der Waals surface area (Å²) in [5.41, 5.74) is 0. The second-order valence-corrected chi connectivity index (χ2v) is 5.63. The smallest absolute Gasteiger partial charge is 0.258 e. The first-order chi connectivity index (χ1) is 12.2. The lowest BCUT2D eigenvalue weighted by molar-refractivity contribution is -0.123. The van der Waals surface area contributed by atoms with Crippen LogP contribution in [0.15, 0.2) is 36.7 Å². The molecule has 0 saturated carbocycles. The van der Waals surface area contributed by atoms with E-state index in [-0.39, 0.29) is 24.4 Å². The van der Waals surface area contributed by atoms with Crippen LogP contribution in [0.5, 0.6) is 11.6 Å². The first-order valence-electron chi connectivity index (χ1n) is 7.93. The van der Waals surface area contributed by atoms with Crippen molar-refractivity contribution in [3.05, 3.63) is 42.5 Å². The predicted molar refractivity (Wildman–Crippen MR) is 89.2 cm³/mol. The highest BCUT2D eigenvalue weighted by Crippen LogP contribution is 2.25. The fourth-order valence-electron chi connectivity index (χ4n) is 2.70. The van der Waals surface area contributed by atoms with Gasteiger partial charge in [0.1, 0.15) is 11.6 Å². The lowest BCUT2D eigenvalue weighted by Crippen LogP contribution is -2.39. The summed E-state index contributed by atoms with van der Waals surface area (Å²) in [7, 11) is 1.55. The molecular weight excluding hydrogens is 327 g/mol. The summed E-state index contributed by atoms with van der Waals surface area (Å²) >= 11 is 0. The van der Waals surface area contributed by atoms with Crippen LogP contribution in [0.3, 0.4) is 0 Å². The summed E-state index contributed by atoms with van der Waals surface area (Å²) in [4.78, 5) is 22.5. The largest absolute Gasteiger partial charge is 0.484 e. The highest BCUT2D eigenvalue weighted by Gasteiger charge is 2.27. The standard InChI is InChI=1S/C17H19FN4O3/c1-24-17-16(19-7-8-20-17)22-9-6-13(10-22)21-15(23)11-25-14-4-2-12(18)3-5-14/h2-5,7-8,13H,6,9-11H2,1H3,(H,21,23)/t13-/m0/s1. The van der Waals surface area contributed by atoms with Crippen LogP contribution in [-0.4, -0.2) is 48.7 Å². The third kappa shape index (κ3) is 4.34. The van der Waals surface area contributed by atoms with Crippen molar-refractivity contribution in [3.8, 4) is 11.6 Å². The van der Waals surface area contributed by atoms with Gasteiger partial charge < -0.3 is 19.7 Å². The van der Waals surface area contributed by atoms with Crippen molar-refractivity contribution in [2.45, 2.75) is 12.5 Å². The fraction of sp³-hybridized carbons (Fsp3) is 0.353. The molecule has 0 aliphatic carbocycles. The molecule has 0 bridgehead atoms. The van der Waals surface area contributed by atoms with Crippen LogP contribution in [0.2, 0.25) is 0 Å². The quantitative estimate of drug-likeness (QED) is 0.852. The zero-order valence-electron chi connectivity index (χ0n) is 13.8. The Morgan fingerprint density at radius 2 is 2.08 bits per heavy atom. The van der Waals surface area contributed by atoms with Gasteiger partial charge in [0.15, 0.2) is 12.4 Å². The Morgan fingerprint density at radius 3 is 2.84 bits per heavy atom. The van der Waals surface area contributed by atoms with Crippen LogP contribution in [0, 0.1) is 5.82 Å². The summed E-state index contributed by atoms with van der Waals surface area (Å²) < 4.78 is 23.4. The topological polar surface area (TPSA) is 76.6 Å². The monoisotopic (exact) mass is 346 g/mol. The van der Waals surface area contributed by atoms with Gasteiger partial charge in [-0.1, -0.05) is 0 Å². The normalized spacial score (nSPS) is 16.6. The molecule has 3 rings (SSSR count). The fourth-order valence-corrected chi connectivity index (χ4v) is 2.70. The average molecular weight is 346 g/mol. The van der Waals surface area contributed by atoms with Gasteiger partial charge in [-0.05, 0) is 30.7 Å². The SMILES string of the molecule is COc1nccnc1N1CC[C@H](NC(=O)COc2ccc(F)cc2)C1. The maximum atomic E-state index is 12.8. The molecule has 2 aromatic rings. The Balaban J connectivity index is 1.49. The van der Waals surface area contributed by atoms with Crippen molar-refractivity contribution in [3.63, 3.8) is 0 Å². The number of methoxy groups -OCH3 is 1. The predicted octanol–water partition coefficient (Wildman–Crippen LogP) is 1.40. The zero-order valence-corrected chi connectivity index (χ0v) is 13.8. The molecule has 1 aliphatic rings. The number of ether oxygens (including phenoxy) is 2. The van der Waals surface area contributed by atoms with Crippen LogP contribution in [0.1, 0.15) is 6.42 Å². The Hall–Kier alpha value is -2.90. The highest BCUT2D eigenvalue weighted by molar-refractivity contribution is 5.78. The number of benzene rings is 1. The van der Waals surface area contributed by atoms with Gasteiger partial charge in [0.25, 0.3) is 11.8 Å². The van der Waals surface area contributed by atoms with Gasteiger partial charge in [-0.3, -0.25) is 4.79 Å². The Kier molecular flexibility index (Phi) is 5.27. The molecule has 1 fully saturated rings. The van der Waals surface area contributed by atoms with Gasteiger partial charge in [0.2, 0.25) is 0 Å². The minimum Gasteiger partial charge on any atom is -0.484 e. The van der Waals surface area contributed by atoms with E-state index < -0.39 is 0 Å². The number of hydrogen-bond acceptors (Lipinski definition) is 6. The molecule has 1 saturated heterocycles. The van der Waals surface area contributed by atoms with E-state index in [2.05, 4.69) is 15.3 Å². The summed E-state index contributed by atoms with van der Waals surface area (Å²) in [6.07, 6.45) is 3.98. The molecule has 1 aromatic heterocycles. The summed E-state index contributed by atoms with van der Waals surface area (Å²) in [6.45, 7) is 1.26. The van der Waals surface area contributed by atoms with Gasteiger partial charge in [-0.2, -0.15) is 0 Å². The van der Waals surface area contributed by atoms with Gasteiger partial charge >= 0.3 is 0 Å². The van der Waals surface area contributed by atoms with E-state index in [4.69, 9.17) is 9.47 Å². The number of hydrogen-bond donors (Lipinski definition) is 1. The van der Waals surface area contributed by atoms with Crippen molar-refractivity contribution >= 4 is 11.7 Å². The Bertz CT molecular complexity index is 726. The Morgan fingerprint density at radius 1 is 1.32 bits per heavy atom. The number of anilines is 1. The average Bonchev–Trinajstić information content (AvgIpc) is 3.09. The van der Waals surface area contributed by atoms with Gasteiger partial charge in [-0.25, -0.2) is 14.4 Å². The third-order valence-electron chi connectivity index (χ3n) is 3.88. The molecule has 1 aromatic carbocycles. The van der Waals surface area contributed by atoms with Gasteiger partial charge in [0, 0.05) is 31.5 Å². The van der Waals surface area contributed by atoms with Crippen molar-refractivity contribution in [2.24, 2.45) is 0 Å². The summed E-state index contributed by atoms with van der Waals surface area (Å²) in [6, 6.07) is 5.55. The molecule has 1 amide bonds. The first-order valence-corrected chi connectivity index (χ1v) is 7.93. The maximum Gasteiger partial charge on any atom is 0.258 e. The first kappa shape index (κ1) is 16.9. The molecule has 7 nitrogen and oxygen atoms in total. The van der Waals surface area contributed by atoms with Crippen molar-refractivity contribution in [1.82, 2.24) is 15.3 Å². The molecule has 1 atom stereocenters. The van der Waals surface area contributed by atoms with Crippen molar-refractivity contribution in [1.29, 1.82) is 0 Å². The second-order valence-electron chi connectivity index (χ2n) is 5.63. The number of halogens is 1. The molecule has 132 valence electrons. The van der Waals surface area contributed by atoms with E-state index >= 15 is 0 Å². The van der Waals surface area contributed by atoms with E-state index in [1.165, 1.54) is 24.3 Å². The number of carbonyl (C=O) groups is 1. The van der Waals surface area contributed by atoms with E-state index in [0.717, 1.165) is 13.0 Å². The number of nitrogens with zero attached hydrogens (tertiary/aromatic N) is 3. The van der Waals surface area contributed by atoms with E-state index in [9.17, 15) is 9.18 Å². The number of aromatic nitrogens is 2. The van der Waals surface area contributed by atoms with Crippen LogP contribution in [0.25, 0.3) is 0 Å². The molecule has 2 heterocycles. The van der Waals surface area contributed by atoms with E-state index in [1.54, 1.807) is 19.5 Å². The number of rotatable bonds is 6. The lowest BCUT2D eigenvalue weighted by Gasteiger charge is -2.19. The minimum absolute atomic E-state index is 0.00368. The molecule has 25 heavy (non-hydrogen) atoms. The molecular formula is C17H19FN4O3. The number of carbonyl (C=O) groups excluding carboxylic acids is 1. The van der Waals surface area contributed by atoms with Gasteiger partial charge in [-0.15, -0.1) is 0 Å². The molecule has 1 N–H and O–H groups in total. The lowest BCUT2D eigenvalue weighted by atomic mass is 10.2. The van der Waals surface area contributed by atoms with Gasteiger partial charge in [0.05, 0.1) is 7.11 Å². The highest BCUT2D eigenvalue weighted by atomic mass is 19.1. The van der Waals surface area contributed by atoms with Crippen molar-refractivity contribution in [2.75, 3.05) is 31.7 Å². The molecule has 0 spiro atoms. The zero-order chi connectivity index (χ0) is 17.6. The number of nitrogens with one attached hydrogen (secondary N) is 1. The van der Waals surface area contributed by atoms with Crippen LogP contribution in [-0.2, 0) is 4.79 Å². The van der Waals surface area contributed by atoms with E-state index in [1.807, 2.05) is 4.90 Å². The van der Waals surface area contributed by atoms with E-state index in [0.29, 0.717) is 24.0 Å². The van der Waals surface area contributed by atoms with Crippen LogP contribution < -0.4 is 19.7 Å². The second kappa shape index (κ2) is 7.78. The molecule has 0 radical (unpaired) electrons.